The average Bonchev–Trinajstić information content (AvgIpc) is 2.73. The number of fused-ring (bicyclic) bond motifs is 1. The van der Waals surface area contributed by atoms with Gasteiger partial charge < -0.3 is 9.15 Å². The number of rotatable bonds is 5. The van der Waals surface area contributed by atoms with Gasteiger partial charge in [0.15, 0.2) is 12.4 Å². The van der Waals surface area contributed by atoms with Crippen molar-refractivity contribution in [1.82, 2.24) is 4.98 Å². The van der Waals surface area contributed by atoms with Crippen LogP contribution in [0.1, 0.15) is 10.4 Å². The Balaban J connectivity index is 1.63. The molecule has 0 aliphatic heterocycles. The van der Waals surface area contributed by atoms with E-state index in [1.807, 2.05) is 0 Å². The number of benzene rings is 3. The first-order valence-electron chi connectivity index (χ1n) is 8.53. The molecule has 0 saturated carbocycles. The molecule has 0 atom stereocenters. The molecule has 1 aromatic heterocycles. The molecule has 0 aliphatic carbocycles. The molecule has 5 nitrogen and oxygen atoms in total. The van der Waals surface area contributed by atoms with Crippen LogP contribution in [-0.4, -0.2) is 17.4 Å². The van der Waals surface area contributed by atoms with Crippen LogP contribution in [0.15, 0.2) is 86.5 Å². The van der Waals surface area contributed by atoms with Gasteiger partial charge in [0, 0.05) is 10.0 Å². The van der Waals surface area contributed by atoms with Gasteiger partial charge in [-0.2, -0.15) is 4.98 Å². The van der Waals surface area contributed by atoms with Gasteiger partial charge in [0.25, 0.3) is 5.56 Å². The van der Waals surface area contributed by atoms with Gasteiger partial charge in [-0.25, -0.2) is 0 Å². The lowest BCUT2D eigenvalue weighted by molar-refractivity contribution is 0.0922. The molecular formula is C22H14BrNO4. The molecule has 0 N–H and O–H groups in total. The predicted octanol–water partition coefficient (Wildman–Crippen LogP) is 4.88. The Kier molecular flexibility index (Phi) is 5.04. The van der Waals surface area contributed by atoms with Gasteiger partial charge >= 0.3 is 0 Å². The molecule has 4 rings (SSSR count). The summed E-state index contributed by atoms with van der Waals surface area (Å²) in [6.07, 6.45) is 0. The number of halogens is 1. The molecule has 0 aliphatic rings. The van der Waals surface area contributed by atoms with E-state index in [9.17, 15) is 9.59 Å². The zero-order valence-electron chi connectivity index (χ0n) is 14.6. The maximum Gasteiger partial charge on any atom is 0.284 e. The number of hydrogen-bond acceptors (Lipinski definition) is 5. The van der Waals surface area contributed by atoms with Crippen molar-refractivity contribution in [2.75, 3.05) is 6.61 Å². The molecule has 28 heavy (non-hydrogen) atoms. The summed E-state index contributed by atoms with van der Waals surface area (Å²) in [6.45, 7) is -0.142. The van der Waals surface area contributed by atoms with Crippen molar-refractivity contribution in [2.24, 2.45) is 0 Å². The number of nitrogens with zero attached hydrogens (tertiary/aromatic N) is 1. The molecule has 1 heterocycles. The van der Waals surface area contributed by atoms with E-state index in [1.54, 1.807) is 72.8 Å². The van der Waals surface area contributed by atoms with E-state index >= 15 is 0 Å². The molecule has 0 spiro atoms. The van der Waals surface area contributed by atoms with Crippen molar-refractivity contribution in [3.05, 3.63) is 93.2 Å². The van der Waals surface area contributed by atoms with Crippen LogP contribution in [0.3, 0.4) is 0 Å². The lowest BCUT2D eigenvalue weighted by Gasteiger charge is -2.10. The van der Waals surface area contributed by atoms with Gasteiger partial charge in [-0.1, -0.05) is 52.3 Å². The number of ketones is 1. The third kappa shape index (κ3) is 3.73. The summed E-state index contributed by atoms with van der Waals surface area (Å²) in [6, 6.07) is 21.0. The number of hydrogen-bond donors (Lipinski definition) is 0. The maximum absolute atomic E-state index is 12.4. The maximum atomic E-state index is 12.4. The fourth-order valence-electron chi connectivity index (χ4n) is 2.76. The minimum Gasteiger partial charge on any atom is -0.485 e. The molecule has 6 heteroatoms. The highest BCUT2D eigenvalue weighted by Crippen LogP contribution is 2.29. The van der Waals surface area contributed by atoms with Crippen LogP contribution in [0.5, 0.6) is 5.75 Å². The Bertz CT molecular complexity index is 1220. The van der Waals surface area contributed by atoms with Crippen molar-refractivity contribution in [2.45, 2.75) is 0 Å². The lowest BCUT2D eigenvalue weighted by Crippen LogP contribution is -2.12. The quantitative estimate of drug-likeness (QED) is 0.417. The fourth-order valence-corrected chi connectivity index (χ4v) is 3.02. The zero-order chi connectivity index (χ0) is 19.5. The lowest BCUT2D eigenvalue weighted by atomic mass is 10.1. The molecule has 0 radical (unpaired) electrons. The van der Waals surface area contributed by atoms with E-state index in [-0.39, 0.29) is 23.8 Å². The van der Waals surface area contributed by atoms with Crippen molar-refractivity contribution >= 4 is 32.7 Å². The van der Waals surface area contributed by atoms with Gasteiger partial charge in [-0.3, -0.25) is 9.59 Å². The SMILES string of the molecule is O=C(COc1ccccc1-c1nc(=O)c2ccccc2o1)c1ccc(Br)cc1. The van der Waals surface area contributed by atoms with Crippen LogP contribution in [0, 0.1) is 0 Å². The zero-order valence-corrected chi connectivity index (χ0v) is 16.2. The van der Waals surface area contributed by atoms with E-state index < -0.39 is 0 Å². The monoisotopic (exact) mass is 435 g/mol. The Morgan fingerprint density at radius 3 is 2.50 bits per heavy atom. The highest BCUT2D eigenvalue weighted by Gasteiger charge is 2.14. The molecule has 0 fully saturated rings. The van der Waals surface area contributed by atoms with Crippen LogP contribution < -0.4 is 10.3 Å². The first-order chi connectivity index (χ1) is 13.6. The number of carbonyl (C=O) groups is 1. The Morgan fingerprint density at radius 1 is 0.964 bits per heavy atom. The summed E-state index contributed by atoms with van der Waals surface area (Å²) < 4.78 is 12.4. The first kappa shape index (κ1) is 18.1. The van der Waals surface area contributed by atoms with Crippen molar-refractivity contribution in [3.8, 4) is 17.2 Å². The highest BCUT2D eigenvalue weighted by atomic mass is 79.9. The Labute approximate surface area is 168 Å². The van der Waals surface area contributed by atoms with Crippen molar-refractivity contribution in [1.29, 1.82) is 0 Å². The average molecular weight is 436 g/mol. The van der Waals surface area contributed by atoms with Crippen LogP contribution in [0.25, 0.3) is 22.4 Å². The van der Waals surface area contributed by atoms with Gasteiger partial charge in [0.05, 0.1) is 10.9 Å². The number of para-hydroxylation sites is 2. The Hall–Kier alpha value is -3.25. The van der Waals surface area contributed by atoms with Gasteiger partial charge in [-0.05, 0) is 36.4 Å². The number of carbonyl (C=O) groups excluding carboxylic acids is 1. The van der Waals surface area contributed by atoms with E-state index in [0.29, 0.717) is 27.8 Å². The largest absolute Gasteiger partial charge is 0.485 e. The topological polar surface area (TPSA) is 69.4 Å². The summed E-state index contributed by atoms with van der Waals surface area (Å²) in [7, 11) is 0. The van der Waals surface area contributed by atoms with E-state index in [4.69, 9.17) is 9.15 Å². The molecule has 4 aromatic rings. The minimum atomic E-state index is -0.377. The van der Waals surface area contributed by atoms with Gasteiger partial charge in [-0.15, -0.1) is 0 Å². The van der Waals surface area contributed by atoms with Crippen LogP contribution in [-0.2, 0) is 0 Å². The molecule has 3 aromatic carbocycles. The van der Waals surface area contributed by atoms with Crippen molar-refractivity contribution < 1.29 is 13.9 Å². The van der Waals surface area contributed by atoms with Gasteiger partial charge in [0.1, 0.15) is 11.3 Å². The van der Waals surface area contributed by atoms with E-state index in [2.05, 4.69) is 20.9 Å². The van der Waals surface area contributed by atoms with Gasteiger partial charge in [0.2, 0.25) is 5.89 Å². The summed E-state index contributed by atoms with van der Waals surface area (Å²) in [5.41, 5.74) is 1.13. The molecule has 0 saturated heterocycles. The molecule has 138 valence electrons. The first-order valence-corrected chi connectivity index (χ1v) is 9.32. The molecular weight excluding hydrogens is 422 g/mol. The summed E-state index contributed by atoms with van der Waals surface area (Å²) in [4.78, 5) is 28.7. The van der Waals surface area contributed by atoms with E-state index in [1.165, 1.54) is 0 Å². The predicted molar refractivity (Wildman–Crippen MR) is 110 cm³/mol. The van der Waals surface area contributed by atoms with Crippen LogP contribution in [0.4, 0.5) is 0 Å². The number of Topliss-reactive ketones (excluding diaryl/α,β-unsaturated/α-hetero) is 1. The number of aromatic nitrogens is 1. The van der Waals surface area contributed by atoms with E-state index in [0.717, 1.165) is 4.47 Å². The minimum absolute atomic E-state index is 0.142. The smallest absolute Gasteiger partial charge is 0.284 e. The molecule has 0 unspecified atom stereocenters. The number of ether oxygens (including phenoxy) is 1. The second kappa shape index (κ2) is 7.78. The van der Waals surface area contributed by atoms with Crippen LogP contribution in [0.2, 0.25) is 0 Å². The summed E-state index contributed by atoms with van der Waals surface area (Å²) in [5, 5.41) is 0.412. The van der Waals surface area contributed by atoms with Crippen LogP contribution >= 0.6 is 15.9 Å². The highest BCUT2D eigenvalue weighted by molar-refractivity contribution is 9.10. The second-order valence-electron chi connectivity index (χ2n) is 6.04. The molecule has 0 bridgehead atoms. The van der Waals surface area contributed by atoms with Crippen molar-refractivity contribution in [3.63, 3.8) is 0 Å². The second-order valence-corrected chi connectivity index (χ2v) is 6.95. The standard InChI is InChI=1S/C22H14BrNO4/c23-15-11-9-14(10-12-15)18(25)13-27-19-7-3-2-6-17(19)22-24-21(26)16-5-1-4-8-20(16)28-22/h1-12H,13H2. The fraction of sp³-hybridized carbons (Fsp3) is 0.0455. The molecule has 0 amide bonds. The third-order valence-electron chi connectivity index (χ3n) is 4.17. The normalized spacial score (nSPS) is 10.8. The third-order valence-corrected chi connectivity index (χ3v) is 4.70. The summed E-state index contributed by atoms with van der Waals surface area (Å²) in [5.74, 6) is 0.407. The summed E-state index contributed by atoms with van der Waals surface area (Å²) >= 11 is 3.34. The Morgan fingerprint density at radius 2 is 1.68 bits per heavy atom.